The van der Waals surface area contributed by atoms with Crippen LogP contribution >= 0.6 is 11.3 Å². The van der Waals surface area contributed by atoms with Crippen molar-refractivity contribution in [1.82, 2.24) is 5.32 Å². The normalized spacial score (nSPS) is 29.8. The average molecular weight is 1020 g/mol. The van der Waals surface area contributed by atoms with Gasteiger partial charge in [-0.05, 0) is 101 Å². The van der Waals surface area contributed by atoms with Crippen LogP contribution < -0.4 is 10.5 Å². The van der Waals surface area contributed by atoms with Gasteiger partial charge in [0.1, 0.15) is 29.5 Å². The predicted molar refractivity (Wildman–Crippen MR) is 263 cm³/mol. The lowest BCUT2D eigenvalue weighted by molar-refractivity contribution is -0.344. The summed E-state index contributed by atoms with van der Waals surface area (Å²) in [7, 11) is -3.01. The average Bonchev–Trinajstić information content (AvgIpc) is 3.83. The fourth-order valence-electron chi connectivity index (χ4n) is 11.2. The van der Waals surface area contributed by atoms with Crippen LogP contribution in [-0.4, -0.2) is 110 Å². The summed E-state index contributed by atoms with van der Waals surface area (Å²) in [4.78, 5) is 87.2. The molecule has 2 heterocycles. The summed E-state index contributed by atoms with van der Waals surface area (Å²) in [6, 6.07) is 20.3. The summed E-state index contributed by atoms with van der Waals surface area (Å²) in [5.74, 6) is -5.65. The van der Waals surface area contributed by atoms with Crippen molar-refractivity contribution in [3.63, 3.8) is 0 Å². The van der Waals surface area contributed by atoms with Crippen LogP contribution in [0.25, 0.3) is 0 Å². The molecule has 1 saturated heterocycles. The molecule has 1 amide bonds. The molecule has 0 radical (unpaired) electrons. The number of ketones is 1. The molecule has 16 nitrogen and oxygen atoms in total. The lowest BCUT2D eigenvalue weighted by atomic mass is 9.44. The van der Waals surface area contributed by atoms with Crippen molar-refractivity contribution in [2.75, 3.05) is 13.2 Å². The Hall–Kier alpha value is -5.40. The second-order valence-electron chi connectivity index (χ2n) is 21.3. The second kappa shape index (κ2) is 19.9. The van der Waals surface area contributed by atoms with Gasteiger partial charge in [-0.25, -0.2) is 14.4 Å². The van der Waals surface area contributed by atoms with Gasteiger partial charge in [0, 0.05) is 30.1 Å². The van der Waals surface area contributed by atoms with Crippen LogP contribution in [0.3, 0.4) is 0 Å². The number of fused-ring (bicyclic) bond motifs is 5. The first-order valence-corrected chi connectivity index (χ1v) is 27.9. The molecule has 2 saturated carbocycles. The Morgan fingerprint density at radius 3 is 2.15 bits per heavy atom. The highest BCUT2D eigenvalue weighted by Crippen LogP contribution is 2.65. The van der Waals surface area contributed by atoms with E-state index in [-0.39, 0.29) is 36.3 Å². The number of amides is 1. The van der Waals surface area contributed by atoms with Crippen LogP contribution in [0.15, 0.2) is 89.3 Å². The Labute approximate surface area is 420 Å². The highest BCUT2D eigenvalue weighted by atomic mass is 32.1. The maximum atomic E-state index is 16.5. The number of rotatable bonds is 13. The first-order valence-electron chi connectivity index (χ1n) is 24.1. The molecule has 18 heteroatoms. The Balaban J connectivity index is 1.46. The molecule has 71 heavy (non-hydrogen) atoms. The standard InChI is InChI=1S/C53H67NO15SSi/c1-13-62-48(60)65-41-39-30(2)35(64-45(57)31(3)40(36-25-20-26-70-36)54-47(59)68-49(5,6)7)28-53(61,50(39,8)9)44(66-46(58)33-21-16-14-17-22-33)42-51(10,43(41)56)37(27-38-52(42,29-63-38)67-32(4)55)69-71(11,12)34-23-18-15-19-24-34/h14-26,31,35,37-38,40-42,44,61H,13,27-29H2,1-12H3,(H,54,59)/t31-,35+,37+,38-,40-,41-,42?,44+,51-,52+,53-/m1/s1. The molecule has 2 bridgehead atoms. The van der Waals surface area contributed by atoms with Crippen molar-refractivity contribution in [2.24, 2.45) is 22.7 Å². The van der Waals surface area contributed by atoms with E-state index in [1.807, 2.05) is 43.4 Å². The fourth-order valence-corrected chi connectivity index (χ4v) is 14.3. The van der Waals surface area contributed by atoms with Gasteiger partial charge in [0.05, 0.1) is 48.2 Å². The van der Waals surface area contributed by atoms with Gasteiger partial charge in [0.2, 0.25) is 8.32 Å². The summed E-state index contributed by atoms with van der Waals surface area (Å²) < 4.78 is 50.2. The maximum absolute atomic E-state index is 16.5. The van der Waals surface area contributed by atoms with E-state index in [1.54, 1.807) is 110 Å². The van der Waals surface area contributed by atoms with E-state index >= 15 is 4.79 Å². The molecular formula is C53H67NO15SSi. The van der Waals surface area contributed by atoms with E-state index in [2.05, 4.69) is 5.32 Å². The molecule has 11 atom stereocenters. The molecular weight excluding hydrogens is 951 g/mol. The molecule has 1 aliphatic heterocycles. The van der Waals surface area contributed by atoms with Crippen molar-refractivity contribution in [2.45, 2.75) is 149 Å². The predicted octanol–water partition coefficient (Wildman–Crippen LogP) is 7.91. The quantitative estimate of drug-likeness (QED) is 0.0722. The first kappa shape index (κ1) is 53.4. The zero-order valence-corrected chi connectivity index (χ0v) is 44.3. The van der Waals surface area contributed by atoms with E-state index in [0.717, 1.165) is 5.19 Å². The highest BCUT2D eigenvalue weighted by molar-refractivity contribution is 7.10. The number of aliphatic hydroxyl groups is 1. The highest BCUT2D eigenvalue weighted by Gasteiger charge is 2.79. The van der Waals surface area contributed by atoms with E-state index in [1.165, 1.54) is 18.3 Å². The second-order valence-corrected chi connectivity index (χ2v) is 26.1. The topological polar surface area (TPSA) is 209 Å². The monoisotopic (exact) mass is 1020 g/mol. The van der Waals surface area contributed by atoms with Crippen LogP contribution in [0.1, 0.15) is 103 Å². The Bertz CT molecular complexity index is 2530. The smallest absolute Gasteiger partial charge is 0.457 e. The Kier molecular flexibility index (Phi) is 15.0. The van der Waals surface area contributed by atoms with Gasteiger partial charge in [-0.2, -0.15) is 0 Å². The Morgan fingerprint density at radius 1 is 0.944 bits per heavy atom. The number of esters is 3. The summed E-state index contributed by atoms with van der Waals surface area (Å²) in [5, 5.41) is 19.7. The third-order valence-electron chi connectivity index (χ3n) is 14.9. The van der Waals surface area contributed by atoms with E-state index in [9.17, 15) is 29.1 Å². The largest absolute Gasteiger partial charge is 0.509 e. The van der Waals surface area contributed by atoms with Crippen LogP contribution in [0, 0.1) is 22.7 Å². The minimum atomic E-state index is -3.01. The van der Waals surface area contributed by atoms with Crippen LogP contribution in [-0.2, 0) is 52.0 Å². The molecule has 3 fully saturated rings. The van der Waals surface area contributed by atoms with Crippen molar-refractivity contribution in [3.05, 3.63) is 99.8 Å². The third-order valence-corrected chi connectivity index (χ3v) is 18.5. The molecule has 7 rings (SSSR count). The number of Topliss-reactive ketones (excluding diaryl/α,β-unsaturated/α-hetero) is 1. The van der Waals surface area contributed by atoms with Crippen LogP contribution in [0.4, 0.5) is 9.59 Å². The zero-order valence-electron chi connectivity index (χ0n) is 42.5. The van der Waals surface area contributed by atoms with Gasteiger partial charge in [0.15, 0.2) is 17.5 Å². The minimum Gasteiger partial charge on any atom is -0.457 e. The van der Waals surface area contributed by atoms with Crippen molar-refractivity contribution < 1.29 is 71.5 Å². The van der Waals surface area contributed by atoms with E-state index < -0.39 is 127 Å². The van der Waals surface area contributed by atoms with Crippen LogP contribution in [0.5, 0.6) is 0 Å². The number of alkyl carbamates (subject to hydrolysis) is 1. The minimum absolute atomic E-state index is 0.0154. The number of carbonyl (C=O) groups excluding carboxylic acids is 6. The van der Waals surface area contributed by atoms with Gasteiger partial charge in [-0.15, -0.1) is 11.3 Å². The number of hydrogen-bond acceptors (Lipinski definition) is 16. The molecule has 3 aliphatic carbocycles. The van der Waals surface area contributed by atoms with Gasteiger partial charge in [-0.1, -0.05) is 68.4 Å². The molecule has 3 aromatic rings. The first-order chi connectivity index (χ1) is 33.2. The number of carbonyl (C=O) groups is 6. The maximum Gasteiger partial charge on any atom is 0.509 e. The summed E-state index contributed by atoms with van der Waals surface area (Å²) >= 11 is 1.31. The van der Waals surface area contributed by atoms with E-state index in [0.29, 0.717) is 4.88 Å². The lowest BCUT2D eigenvalue weighted by Crippen LogP contribution is -2.82. The third kappa shape index (κ3) is 9.94. The molecule has 2 N–H and O–H groups in total. The number of nitrogens with one attached hydrogen (secondary N) is 1. The van der Waals surface area contributed by atoms with Gasteiger partial charge in [-0.3, -0.25) is 14.4 Å². The molecule has 1 aromatic heterocycles. The summed E-state index contributed by atoms with van der Waals surface area (Å²) in [6.07, 6.45) is -9.36. The van der Waals surface area contributed by atoms with Gasteiger partial charge < -0.3 is 48.0 Å². The van der Waals surface area contributed by atoms with Crippen molar-refractivity contribution in [3.8, 4) is 0 Å². The number of benzene rings is 2. The Morgan fingerprint density at radius 2 is 1.59 bits per heavy atom. The van der Waals surface area contributed by atoms with Crippen molar-refractivity contribution in [1.29, 1.82) is 0 Å². The molecule has 2 aromatic carbocycles. The van der Waals surface area contributed by atoms with E-state index in [4.69, 9.17) is 37.6 Å². The fraction of sp³-hybridized carbons (Fsp3) is 0.547. The number of hydrogen-bond donors (Lipinski definition) is 2. The SMILES string of the molecule is CCOC(=O)O[C@H]1C(=O)[C@@]2(C)C([C@H](OC(=O)c3ccccc3)[C@]3(O)C[C@H](OC(=O)[C@H](C)[C@@H](NC(=O)OC(C)(C)C)c4cccs4)C(C)=C1C3(C)C)[C@]1(OC(C)=O)CO[C@@H]1C[C@@H]2O[Si](C)(C)c1ccccc1. The molecule has 1 unspecified atom stereocenters. The van der Waals surface area contributed by atoms with Crippen molar-refractivity contribution >= 4 is 60.8 Å². The number of ether oxygens (including phenoxy) is 7. The van der Waals surface area contributed by atoms with Crippen LogP contribution in [0.2, 0.25) is 13.1 Å². The molecule has 384 valence electrons. The zero-order chi connectivity index (χ0) is 52.1. The summed E-state index contributed by atoms with van der Waals surface area (Å²) in [6.45, 7) is 19.7. The lowest BCUT2D eigenvalue weighted by Gasteiger charge is -2.68. The number of thiophene rings is 1. The molecule has 0 spiro atoms. The summed E-state index contributed by atoms with van der Waals surface area (Å²) in [5.41, 5.74) is -8.03. The van der Waals surface area contributed by atoms with Gasteiger partial charge in [0.25, 0.3) is 0 Å². The molecule has 4 aliphatic rings. The van der Waals surface area contributed by atoms with Gasteiger partial charge >= 0.3 is 30.2 Å².